The molecule has 0 bridgehead atoms. The zero-order chi connectivity index (χ0) is 3.54. The molecule has 0 atom stereocenters. The maximum atomic E-state index is 3.54. The molecule has 0 amide bonds. The van der Waals surface area contributed by atoms with Crippen LogP contribution < -0.4 is 0 Å². The van der Waals surface area contributed by atoms with Crippen LogP contribution in [0.1, 0.15) is 0 Å². The van der Waals surface area contributed by atoms with Gasteiger partial charge in [-0.25, -0.2) is 5.10 Å². The smallest absolute Gasteiger partial charge is 0.433 e. The van der Waals surface area contributed by atoms with Gasteiger partial charge in [0.1, 0.15) is 0 Å². The maximum absolute atomic E-state index is 3.54. The molecule has 0 aliphatic rings. The SMILES string of the molecule is [CH3-].[W+2].[Y].[c-]1cn[nH]c1. The van der Waals surface area contributed by atoms with Crippen LogP contribution in [0.5, 0.6) is 0 Å². The molecule has 41 valence electrons. The minimum Gasteiger partial charge on any atom is -0.433 e. The Kier molecular flexibility index (Phi) is 21.8. The molecule has 0 aromatic carbocycles. The summed E-state index contributed by atoms with van der Waals surface area (Å²) in [5.41, 5.74) is 0. The van der Waals surface area contributed by atoms with E-state index in [9.17, 15) is 0 Å². The van der Waals surface area contributed by atoms with Gasteiger partial charge >= 0.3 is 21.1 Å². The summed E-state index contributed by atoms with van der Waals surface area (Å²) in [6.45, 7) is 0. The number of aromatic nitrogens is 2. The van der Waals surface area contributed by atoms with Crippen molar-refractivity contribution >= 4 is 0 Å². The number of hydrogen-bond donors (Lipinski definition) is 1. The van der Waals surface area contributed by atoms with Gasteiger partial charge in [0.25, 0.3) is 0 Å². The summed E-state index contributed by atoms with van der Waals surface area (Å²) in [7, 11) is 0. The molecule has 1 radical (unpaired) electrons. The zero-order valence-corrected chi connectivity index (χ0v) is 10.4. The van der Waals surface area contributed by atoms with E-state index in [2.05, 4.69) is 16.3 Å². The van der Waals surface area contributed by atoms with E-state index in [4.69, 9.17) is 0 Å². The monoisotopic (exact) mass is 355 g/mol. The van der Waals surface area contributed by atoms with Crippen molar-refractivity contribution in [3.8, 4) is 0 Å². The van der Waals surface area contributed by atoms with Crippen LogP contribution in [0.3, 0.4) is 0 Å². The van der Waals surface area contributed by atoms with Crippen molar-refractivity contribution in [1.29, 1.82) is 0 Å². The fourth-order valence-electron chi connectivity index (χ4n) is 0.186. The molecule has 1 heterocycles. The molecular formula is C4H6N2WY. The molecule has 1 rings (SSSR count). The summed E-state index contributed by atoms with van der Waals surface area (Å²) in [6, 6.07) is 2.69. The molecule has 0 saturated carbocycles. The Balaban J connectivity index is -0.0000000833. The summed E-state index contributed by atoms with van der Waals surface area (Å²) in [5, 5.41) is 6.10. The summed E-state index contributed by atoms with van der Waals surface area (Å²) >= 11 is 0. The minimum atomic E-state index is 0. The van der Waals surface area contributed by atoms with Crippen LogP contribution in [-0.4, -0.2) is 10.2 Å². The number of nitrogens with one attached hydrogen (secondary N) is 1. The molecule has 1 aromatic rings. The predicted octanol–water partition coefficient (Wildman–Crippen LogP) is 0.655. The van der Waals surface area contributed by atoms with Crippen molar-refractivity contribution in [2.75, 3.05) is 0 Å². The minimum absolute atomic E-state index is 0. The second-order valence-corrected chi connectivity index (χ2v) is 0.698. The van der Waals surface area contributed by atoms with Crippen LogP contribution in [0, 0.1) is 13.5 Å². The first-order chi connectivity index (χ1) is 2.50. The number of nitrogens with zero attached hydrogens (tertiary/aromatic N) is 1. The Bertz CT molecular complexity index is 70.5. The van der Waals surface area contributed by atoms with Gasteiger partial charge in [-0.3, -0.25) is 0 Å². The first-order valence-corrected chi connectivity index (χ1v) is 1.35. The molecule has 0 fully saturated rings. The Morgan fingerprint density at radius 2 is 2.12 bits per heavy atom. The Morgan fingerprint density at radius 3 is 2.25 bits per heavy atom. The summed E-state index contributed by atoms with van der Waals surface area (Å²) in [6.07, 6.45) is 3.21. The number of aromatic amines is 1. The Labute approximate surface area is 89.0 Å². The summed E-state index contributed by atoms with van der Waals surface area (Å²) in [4.78, 5) is 0. The Hall–Kier alpha value is 1.00. The van der Waals surface area contributed by atoms with Gasteiger partial charge in [-0.1, -0.05) is 0 Å². The third-order valence-corrected chi connectivity index (χ3v) is 0.362. The molecule has 4 heteroatoms. The maximum Gasteiger partial charge on any atom is 2.00 e. The second kappa shape index (κ2) is 10.9. The van der Waals surface area contributed by atoms with Gasteiger partial charge in [-0.05, 0) is 0 Å². The van der Waals surface area contributed by atoms with Crippen LogP contribution in [0.15, 0.2) is 12.4 Å². The topological polar surface area (TPSA) is 28.7 Å². The van der Waals surface area contributed by atoms with Crippen LogP contribution in [0.4, 0.5) is 0 Å². The quantitative estimate of drug-likeness (QED) is 0.681. The molecular weight excluding hydrogens is 349 g/mol. The predicted molar refractivity (Wildman–Crippen MR) is 23.8 cm³/mol. The third-order valence-electron chi connectivity index (χ3n) is 0.362. The Morgan fingerprint density at radius 1 is 1.50 bits per heavy atom. The van der Waals surface area contributed by atoms with Crippen molar-refractivity contribution in [2.45, 2.75) is 0 Å². The molecule has 0 spiro atoms. The summed E-state index contributed by atoms with van der Waals surface area (Å²) in [5.74, 6) is 0. The van der Waals surface area contributed by atoms with E-state index in [1.54, 1.807) is 12.4 Å². The van der Waals surface area contributed by atoms with E-state index in [0.717, 1.165) is 0 Å². The van der Waals surface area contributed by atoms with Gasteiger partial charge in [0.15, 0.2) is 0 Å². The molecule has 8 heavy (non-hydrogen) atoms. The fourth-order valence-corrected chi connectivity index (χ4v) is 0.186. The molecule has 1 N–H and O–H groups in total. The van der Waals surface area contributed by atoms with Crippen molar-refractivity contribution < 1.29 is 53.8 Å². The number of rotatable bonds is 0. The van der Waals surface area contributed by atoms with Crippen molar-refractivity contribution in [2.24, 2.45) is 0 Å². The van der Waals surface area contributed by atoms with E-state index in [-0.39, 0.29) is 61.2 Å². The van der Waals surface area contributed by atoms with Gasteiger partial charge in [0, 0.05) is 32.7 Å². The standard InChI is InChI=1S/C3H3N2.CH3.W.Y/c1-2-4-5-3-1;;;/h2-3H,(H,4,5);1H3;;/q2*-1;+2;. The van der Waals surface area contributed by atoms with Gasteiger partial charge in [-0.15, -0.1) is 6.20 Å². The van der Waals surface area contributed by atoms with E-state index in [1.165, 1.54) is 0 Å². The van der Waals surface area contributed by atoms with Gasteiger partial charge in [-0.2, -0.15) is 6.20 Å². The van der Waals surface area contributed by atoms with Crippen molar-refractivity contribution in [3.05, 3.63) is 25.9 Å². The van der Waals surface area contributed by atoms with Crippen LogP contribution >= 0.6 is 0 Å². The average molecular weight is 355 g/mol. The molecule has 0 aliphatic heterocycles. The van der Waals surface area contributed by atoms with Crippen LogP contribution in [-0.2, 0) is 53.8 Å². The van der Waals surface area contributed by atoms with Crippen LogP contribution in [0.25, 0.3) is 0 Å². The fraction of sp³-hybridized carbons (Fsp3) is 0. The molecule has 0 saturated heterocycles. The number of hydrogen-bond acceptors (Lipinski definition) is 1. The van der Waals surface area contributed by atoms with E-state index in [1.807, 2.05) is 0 Å². The van der Waals surface area contributed by atoms with Crippen molar-refractivity contribution in [1.82, 2.24) is 10.2 Å². The van der Waals surface area contributed by atoms with Gasteiger partial charge < -0.3 is 18.6 Å². The second-order valence-electron chi connectivity index (χ2n) is 0.698. The zero-order valence-electron chi connectivity index (χ0n) is 4.59. The summed E-state index contributed by atoms with van der Waals surface area (Å²) < 4.78 is 0. The normalized spacial score (nSPS) is 5.00. The number of H-pyrrole nitrogens is 1. The van der Waals surface area contributed by atoms with E-state index < -0.39 is 0 Å². The molecule has 0 unspecified atom stereocenters. The van der Waals surface area contributed by atoms with Crippen LogP contribution in [0.2, 0.25) is 0 Å². The first-order valence-electron chi connectivity index (χ1n) is 1.35. The molecule has 1 aromatic heterocycles. The van der Waals surface area contributed by atoms with E-state index >= 15 is 0 Å². The van der Waals surface area contributed by atoms with Gasteiger partial charge in [0.2, 0.25) is 0 Å². The van der Waals surface area contributed by atoms with Gasteiger partial charge in [0.05, 0.1) is 0 Å². The molecule has 2 nitrogen and oxygen atoms in total. The van der Waals surface area contributed by atoms with E-state index in [0.29, 0.717) is 0 Å². The first kappa shape index (κ1) is 16.0. The third kappa shape index (κ3) is 7.00. The average Bonchev–Trinajstić information content (AvgIpc) is 1.76. The van der Waals surface area contributed by atoms with Crippen molar-refractivity contribution in [3.63, 3.8) is 0 Å². The molecule has 0 aliphatic carbocycles. The largest absolute Gasteiger partial charge is 2.00 e.